The molecule has 1 aromatic rings. The highest BCUT2D eigenvalue weighted by Crippen LogP contribution is 2.28. The van der Waals surface area contributed by atoms with Gasteiger partial charge in [-0.15, -0.1) is 0 Å². The van der Waals surface area contributed by atoms with Crippen LogP contribution in [0.1, 0.15) is 19.4 Å². The van der Waals surface area contributed by atoms with E-state index in [0.717, 1.165) is 23.6 Å². The maximum absolute atomic E-state index is 6.35. The summed E-state index contributed by atoms with van der Waals surface area (Å²) in [4.78, 5) is 2.44. The van der Waals surface area contributed by atoms with Crippen LogP contribution >= 0.6 is 23.4 Å². The molecule has 2 rings (SSSR count). The van der Waals surface area contributed by atoms with Crippen LogP contribution < -0.4 is 10.6 Å². The van der Waals surface area contributed by atoms with Gasteiger partial charge in [-0.05, 0) is 38.0 Å². The van der Waals surface area contributed by atoms with Crippen LogP contribution in [0.4, 0.5) is 5.69 Å². The van der Waals surface area contributed by atoms with Crippen molar-refractivity contribution in [2.24, 2.45) is 5.73 Å². The van der Waals surface area contributed by atoms with Gasteiger partial charge in [-0.2, -0.15) is 11.8 Å². The number of thioether (sulfide) groups is 1. The van der Waals surface area contributed by atoms with E-state index in [0.29, 0.717) is 6.04 Å². The van der Waals surface area contributed by atoms with Crippen molar-refractivity contribution in [2.45, 2.75) is 32.4 Å². The lowest BCUT2D eigenvalue weighted by atomic mass is 10.1. The topological polar surface area (TPSA) is 29.3 Å². The number of nitrogens with two attached hydrogens (primary N) is 1. The van der Waals surface area contributed by atoms with Crippen LogP contribution in [-0.4, -0.2) is 30.1 Å². The normalized spacial score (nSPS) is 22.0. The van der Waals surface area contributed by atoms with Gasteiger partial charge in [-0.3, -0.25) is 0 Å². The zero-order valence-corrected chi connectivity index (χ0v) is 12.6. The first-order chi connectivity index (χ1) is 8.58. The molecule has 0 aliphatic carbocycles. The largest absolute Gasteiger partial charge is 0.367 e. The Hall–Kier alpha value is -0.380. The molecule has 2 atom stereocenters. The molecule has 2 nitrogen and oxygen atoms in total. The Morgan fingerprint density at radius 2 is 2.33 bits per heavy atom. The standard InChI is InChI=1S/C14H21ClN2S/c1-10(16)7-12-3-4-13(8-14(12)15)17-5-6-18-9-11(17)2/h3-4,8,10-11H,5-7,9,16H2,1-2H3. The summed E-state index contributed by atoms with van der Waals surface area (Å²) in [6, 6.07) is 7.12. The van der Waals surface area contributed by atoms with E-state index in [1.807, 2.05) is 18.7 Å². The molecule has 0 saturated carbocycles. The van der Waals surface area contributed by atoms with Crippen LogP contribution in [0.2, 0.25) is 5.02 Å². The fourth-order valence-electron chi connectivity index (χ4n) is 2.34. The fourth-order valence-corrected chi connectivity index (χ4v) is 3.60. The minimum absolute atomic E-state index is 0.152. The third-order valence-electron chi connectivity index (χ3n) is 3.28. The van der Waals surface area contributed by atoms with E-state index in [2.05, 4.69) is 30.0 Å². The SMILES string of the molecule is CC(N)Cc1ccc(N2CCSCC2C)cc1Cl. The van der Waals surface area contributed by atoms with E-state index < -0.39 is 0 Å². The zero-order valence-electron chi connectivity index (χ0n) is 11.0. The van der Waals surface area contributed by atoms with Gasteiger partial charge in [0.2, 0.25) is 0 Å². The first kappa shape index (κ1) is 14.0. The van der Waals surface area contributed by atoms with Crippen molar-refractivity contribution in [3.8, 4) is 0 Å². The molecule has 100 valence electrons. The summed E-state index contributed by atoms with van der Waals surface area (Å²) in [6.07, 6.45) is 0.838. The summed E-state index contributed by atoms with van der Waals surface area (Å²) in [6.45, 7) is 5.39. The second-order valence-electron chi connectivity index (χ2n) is 5.07. The second kappa shape index (κ2) is 6.18. The number of nitrogens with zero attached hydrogens (tertiary/aromatic N) is 1. The molecule has 0 bridgehead atoms. The summed E-state index contributed by atoms with van der Waals surface area (Å²) >= 11 is 8.38. The predicted octanol–water partition coefficient (Wildman–Crippen LogP) is 3.17. The highest BCUT2D eigenvalue weighted by atomic mass is 35.5. The molecule has 0 aromatic heterocycles. The number of hydrogen-bond donors (Lipinski definition) is 1. The summed E-state index contributed by atoms with van der Waals surface area (Å²) < 4.78 is 0. The van der Waals surface area contributed by atoms with E-state index in [4.69, 9.17) is 17.3 Å². The Morgan fingerprint density at radius 3 is 2.94 bits per heavy atom. The minimum Gasteiger partial charge on any atom is -0.367 e. The average molecular weight is 285 g/mol. The molecule has 0 amide bonds. The van der Waals surface area contributed by atoms with Gasteiger partial charge in [-0.1, -0.05) is 17.7 Å². The summed E-state index contributed by atoms with van der Waals surface area (Å²) in [5, 5.41) is 0.843. The molecule has 0 spiro atoms. The van der Waals surface area contributed by atoms with Gasteiger partial charge in [0.1, 0.15) is 0 Å². The Labute approximate surface area is 119 Å². The number of hydrogen-bond acceptors (Lipinski definition) is 3. The van der Waals surface area contributed by atoms with Crippen molar-refractivity contribution in [3.05, 3.63) is 28.8 Å². The van der Waals surface area contributed by atoms with Crippen LogP contribution in [0.3, 0.4) is 0 Å². The molecule has 1 aliphatic heterocycles. The average Bonchev–Trinajstić information content (AvgIpc) is 2.32. The highest BCUT2D eigenvalue weighted by molar-refractivity contribution is 7.99. The molecule has 18 heavy (non-hydrogen) atoms. The van der Waals surface area contributed by atoms with Gasteiger partial charge in [-0.25, -0.2) is 0 Å². The van der Waals surface area contributed by atoms with Crippen molar-refractivity contribution < 1.29 is 0 Å². The van der Waals surface area contributed by atoms with Gasteiger partial charge in [0.05, 0.1) is 0 Å². The molecular formula is C14H21ClN2S. The molecule has 1 heterocycles. The van der Waals surface area contributed by atoms with Gasteiger partial charge in [0.15, 0.2) is 0 Å². The van der Waals surface area contributed by atoms with Crippen molar-refractivity contribution in [1.82, 2.24) is 0 Å². The van der Waals surface area contributed by atoms with Crippen molar-refractivity contribution in [2.75, 3.05) is 23.0 Å². The van der Waals surface area contributed by atoms with E-state index in [1.54, 1.807) is 0 Å². The maximum atomic E-state index is 6.35. The number of halogens is 1. The molecule has 1 aliphatic rings. The quantitative estimate of drug-likeness (QED) is 0.924. The van der Waals surface area contributed by atoms with Crippen molar-refractivity contribution in [1.29, 1.82) is 0 Å². The third kappa shape index (κ3) is 3.34. The first-order valence-corrected chi connectivity index (χ1v) is 7.99. The van der Waals surface area contributed by atoms with Crippen LogP contribution in [0.25, 0.3) is 0 Å². The van der Waals surface area contributed by atoms with Gasteiger partial charge < -0.3 is 10.6 Å². The summed E-state index contributed by atoms with van der Waals surface area (Å²) in [7, 11) is 0. The van der Waals surface area contributed by atoms with E-state index in [-0.39, 0.29) is 6.04 Å². The molecular weight excluding hydrogens is 264 g/mol. The van der Waals surface area contributed by atoms with E-state index >= 15 is 0 Å². The maximum Gasteiger partial charge on any atom is 0.0459 e. The number of anilines is 1. The zero-order chi connectivity index (χ0) is 13.1. The smallest absolute Gasteiger partial charge is 0.0459 e. The number of benzene rings is 1. The van der Waals surface area contributed by atoms with Crippen LogP contribution in [0, 0.1) is 0 Å². The highest BCUT2D eigenvalue weighted by Gasteiger charge is 2.19. The Bertz CT molecular complexity index is 409. The van der Waals surface area contributed by atoms with Gasteiger partial charge in [0, 0.05) is 40.8 Å². The molecule has 2 unspecified atom stereocenters. The first-order valence-electron chi connectivity index (χ1n) is 6.46. The lowest BCUT2D eigenvalue weighted by Crippen LogP contribution is -2.40. The van der Waals surface area contributed by atoms with E-state index in [9.17, 15) is 0 Å². The fraction of sp³-hybridized carbons (Fsp3) is 0.571. The lowest BCUT2D eigenvalue weighted by molar-refractivity contribution is 0.699. The molecule has 1 fully saturated rings. The molecule has 0 radical (unpaired) electrons. The van der Waals surface area contributed by atoms with Crippen molar-refractivity contribution >= 4 is 29.1 Å². The van der Waals surface area contributed by atoms with Crippen LogP contribution in [-0.2, 0) is 6.42 Å². The van der Waals surface area contributed by atoms with Gasteiger partial charge >= 0.3 is 0 Å². The molecule has 1 saturated heterocycles. The number of rotatable bonds is 3. The lowest BCUT2D eigenvalue weighted by Gasteiger charge is -2.35. The molecule has 1 aromatic carbocycles. The van der Waals surface area contributed by atoms with E-state index in [1.165, 1.54) is 17.2 Å². The summed E-state index contributed by atoms with van der Waals surface area (Å²) in [5.41, 5.74) is 8.21. The molecule has 2 N–H and O–H groups in total. The van der Waals surface area contributed by atoms with Gasteiger partial charge in [0.25, 0.3) is 0 Å². The predicted molar refractivity (Wildman–Crippen MR) is 82.9 cm³/mol. The Morgan fingerprint density at radius 1 is 1.56 bits per heavy atom. The Balaban J connectivity index is 2.17. The second-order valence-corrected chi connectivity index (χ2v) is 6.63. The van der Waals surface area contributed by atoms with Crippen molar-refractivity contribution in [3.63, 3.8) is 0 Å². The monoisotopic (exact) mass is 284 g/mol. The van der Waals surface area contributed by atoms with Crippen LogP contribution in [0.15, 0.2) is 18.2 Å². The molecule has 4 heteroatoms. The summed E-state index contributed by atoms with van der Waals surface area (Å²) in [5.74, 6) is 2.39. The Kier molecular flexibility index (Phi) is 4.82. The minimum atomic E-state index is 0.152. The third-order valence-corrected chi connectivity index (χ3v) is 4.82. The van der Waals surface area contributed by atoms with Crippen LogP contribution in [0.5, 0.6) is 0 Å².